The molecule has 0 fully saturated rings. The Hall–Kier alpha value is -1.40. The molecule has 2 rings (SSSR count). The normalized spacial score (nSPS) is 10.5. The van der Waals surface area contributed by atoms with Crippen molar-refractivity contribution in [2.45, 2.75) is 41.5 Å². The Kier molecular flexibility index (Phi) is 7.22. The number of nitrogens with zero attached hydrogens (tertiary/aromatic N) is 2. The van der Waals surface area contributed by atoms with E-state index in [1.807, 2.05) is 0 Å². The van der Waals surface area contributed by atoms with Gasteiger partial charge in [0.2, 0.25) is 0 Å². The summed E-state index contributed by atoms with van der Waals surface area (Å²) in [5, 5.41) is 9.13. The summed E-state index contributed by atoms with van der Waals surface area (Å²) in [6.45, 7) is 12.6. The van der Waals surface area contributed by atoms with Crippen molar-refractivity contribution in [2.24, 2.45) is 0 Å². The van der Waals surface area contributed by atoms with Gasteiger partial charge < -0.3 is 10.6 Å². The molecule has 0 saturated carbocycles. The summed E-state index contributed by atoms with van der Waals surface area (Å²) in [5.74, 6) is 0. The van der Waals surface area contributed by atoms with Gasteiger partial charge in [-0.3, -0.25) is 0 Å². The third kappa shape index (κ3) is 5.04. The van der Waals surface area contributed by atoms with Crippen molar-refractivity contribution in [1.29, 1.82) is 0 Å². The first-order chi connectivity index (χ1) is 10.4. The third-order valence-corrected chi connectivity index (χ3v) is 3.74. The molecular weight excluding hydrogens is 390 g/mol. The minimum atomic E-state index is 0. The Labute approximate surface area is 160 Å². The molecule has 0 aliphatic rings. The number of benzene rings is 2. The van der Waals surface area contributed by atoms with Crippen molar-refractivity contribution in [3.8, 4) is 0 Å². The maximum atomic E-state index is 4.56. The van der Waals surface area contributed by atoms with Crippen molar-refractivity contribution < 1.29 is 2.85 Å². The van der Waals surface area contributed by atoms with Gasteiger partial charge in [0.1, 0.15) is 0 Å². The van der Waals surface area contributed by atoms with E-state index in [0.29, 0.717) is 0 Å². The van der Waals surface area contributed by atoms with Crippen molar-refractivity contribution in [2.75, 3.05) is 0 Å². The van der Waals surface area contributed by atoms with Crippen LogP contribution in [0.4, 0.5) is 11.4 Å². The zero-order valence-electron chi connectivity index (χ0n) is 14.8. The van der Waals surface area contributed by atoms with Crippen LogP contribution in [0.15, 0.2) is 36.7 Å². The van der Waals surface area contributed by atoms with E-state index in [1.165, 1.54) is 33.4 Å². The Morgan fingerprint density at radius 2 is 0.870 bits per heavy atom. The molecule has 0 atom stereocenters. The van der Waals surface area contributed by atoms with E-state index in [0.717, 1.165) is 11.4 Å². The second-order valence-electron chi connectivity index (χ2n) is 6.05. The fourth-order valence-electron chi connectivity index (χ4n) is 2.97. The molecule has 0 N–H and O–H groups in total. The van der Waals surface area contributed by atoms with E-state index >= 15 is 0 Å². The summed E-state index contributed by atoms with van der Waals surface area (Å²) >= 11 is 0. The van der Waals surface area contributed by atoms with E-state index in [-0.39, 0.29) is 27.3 Å². The molecule has 2 radical (unpaired) electrons. The molecule has 0 aliphatic heterocycles. The van der Waals surface area contributed by atoms with E-state index in [1.54, 1.807) is 12.4 Å². The zero-order chi connectivity index (χ0) is 16.3. The van der Waals surface area contributed by atoms with Crippen LogP contribution in [0.25, 0.3) is 10.6 Å². The first-order valence-electron chi connectivity index (χ1n) is 7.61. The summed E-state index contributed by atoms with van der Waals surface area (Å²) in [6.07, 6.45) is 3.56. The SMILES string of the molecule is Cc1cc(C)c([N-]/C=C\[N-]c2c(C)cc(C)cc2C)c(C)c1.[HH].[HH].[Sb+3]. The van der Waals surface area contributed by atoms with Gasteiger partial charge in [-0.25, -0.2) is 0 Å². The summed E-state index contributed by atoms with van der Waals surface area (Å²) in [7, 11) is 0. The minimum Gasteiger partial charge on any atom is -0.665 e. The van der Waals surface area contributed by atoms with Gasteiger partial charge in [0.05, 0.1) is 0 Å². The quantitative estimate of drug-likeness (QED) is 0.487. The number of hydrogen-bond acceptors (Lipinski definition) is 0. The van der Waals surface area contributed by atoms with Crippen LogP contribution < -0.4 is 0 Å². The molecule has 3 heteroatoms. The van der Waals surface area contributed by atoms with Gasteiger partial charge in [0.25, 0.3) is 0 Å². The van der Waals surface area contributed by atoms with Gasteiger partial charge in [0.15, 0.2) is 0 Å². The third-order valence-electron chi connectivity index (χ3n) is 3.74. The smallest absolute Gasteiger partial charge is 0.665 e. The van der Waals surface area contributed by atoms with Crippen LogP contribution in [0.5, 0.6) is 0 Å². The summed E-state index contributed by atoms with van der Waals surface area (Å²) in [5.41, 5.74) is 9.41. The largest absolute Gasteiger partial charge is 3.00 e. The predicted molar refractivity (Wildman–Crippen MR) is 106 cm³/mol. The molecule has 2 nitrogen and oxygen atoms in total. The van der Waals surface area contributed by atoms with Crippen LogP contribution in [0.1, 0.15) is 36.2 Å². The number of rotatable bonds is 4. The molecule has 2 aromatic carbocycles. The van der Waals surface area contributed by atoms with Gasteiger partial charge in [-0.05, 0) is 41.5 Å². The fourth-order valence-corrected chi connectivity index (χ4v) is 2.97. The Balaban J connectivity index is 0. The molecular formula is C20H28N2Sb+. The molecule has 0 aliphatic carbocycles. The van der Waals surface area contributed by atoms with Crippen molar-refractivity contribution in [1.82, 2.24) is 0 Å². The maximum Gasteiger partial charge on any atom is 3.00 e. The molecule has 0 amide bonds. The molecule has 0 heterocycles. The Morgan fingerprint density at radius 3 is 1.13 bits per heavy atom. The van der Waals surface area contributed by atoms with Crippen LogP contribution in [0.2, 0.25) is 0 Å². The molecule has 2 aromatic rings. The molecule has 0 aromatic heterocycles. The average Bonchev–Trinajstić information content (AvgIpc) is 2.38. The molecule has 23 heavy (non-hydrogen) atoms. The second-order valence-corrected chi connectivity index (χ2v) is 6.05. The summed E-state index contributed by atoms with van der Waals surface area (Å²) in [6, 6.07) is 8.63. The zero-order valence-corrected chi connectivity index (χ0v) is 17.4. The molecule has 0 saturated heterocycles. The van der Waals surface area contributed by atoms with Crippen molar-refractivity contribution >= 4 is 35.8 Å². The van der Waals surface area contributed by atoms with Crippen LogP contribution in [-0.2, 0) is 0 Å². The van der Waals surface area contributed by atoms with Gasteiger partial charge in [-0.1, -0.05) is 57.6 Å². The second kappa shape index (κ2) is 8.45. The average molecular weight is 418 g/mol. The van der Waals surface area contributed by atoms with Crippen molar-refractivity contribution in [3.63, 3.8) is 0 Å². The maximum absolute atomic E-state index is 4.56. The van der Waals surface area contributed by atoms with Crippen LogP contribution in [0.3, 0.4) is 0 Å². The van der Waals surface area contributed by atoms with Gasteiger partial charge in [0, 0.05) is 2.85 Å². The molecule has 0 unspecified atom stereocenters. The topological polar surface area (TPSA) is 28.2 Å². The summed E-state index contributed by atoms with van der Waals surface area (Å²) < 4.78 is 0. The molecule has 0 spiro atoms. The monoisotopic (exact) mass is 417 g/mol. The summed E-state index contributed by atoms with van der Waals surface area (Å²) in [4.78, 5) is 0. The number of aryl methyl sites for hydroxylation is 6. The van der Waals surface area contributed by atoms with E-state index in [2.05, 4.69) is 76.4 Å². The van der Waals surface area contributed by atoms with Gasteiger partial charge >= 0.3 is 24.4 Å². The van der Waals surface area contributed by atoms with E-state index in [4.69, 9.17) is 0 Å². The standard InChI is InChI=1S/C20H24N2.Sb.2H2/c1-13-9-15(3)19(16(4)10-13)21-7-8-22-20-17(5)11-14(2)12-18(20)6;;;/h7-12H,1-6H3;;2*1H/q-2;+3;;/b8-7-;;;. The molecule has 0 bridgehead atoms. The van der Waals surface area contributed by atoms with E-state index < -0.39 is 0 Å². The number of hydrogen-bond donors (Lipinski definition) is 0. The Bertz CT molecular complexity index is 620. The van der Waals surface area contributed by atoms with Crippen LogP contribution >= 0.6 is 0 Å². The Morgan fingerprint density at radius 1 is 0.609 bits per heavy atom. The van der Waals surface area contributed by atoms with Crippen LogP contribution in [-0.4, -0.2) is 24.4 Å². The first-order valence-corrected chi connectivity index (χ1v) is 7.61. The van der Waals surface area contributed by atoms with E-state index in [9.17, 15) is 0 Å². The van der Waals surface area contributed by atoms with Crippen LogP contribution in [0, 0.1) is 41.5 Å². The molecule has 122 valence electrons. The van der Waals surface area contributed by atoms with Gasteiger partial charge in [-0.2, -0.15) is 12.4 Å². The van der Waals surface area contributed by atoms with Gasteiger partial charge in [-0.15, -0.1) is 11.4 Å². The minimum absolute atomic E-state index is 0. The fraction of sp³-hybridized carbons (Fsp3) is 0.300. The van der Waals surface area contributed by atoms with Crippen molar-refractivity contribution in [3.05, 3.63) is 80.7 Å². The first kappa shape index (κ1) is 19.6. The predicted octanol–water partition coefficient (Wildman–Crippen LogP) is 6.83.